The Morgan fingerprint density at radius 1 is 1.12 bits per heavy atom. The molecule has 7 nitrogen and oxygen atoms in total. The molecular formula is C25H23ClN4O3. The summed E-state index contributed by atoms with van der Waals surface area (Å²) in [7, 11) is 1.63. The first-order valence-corrected chi connectivity index (χ1v) is 11.1. The lowest BCUT2D eigenvalue weighted by Crippen LogP contribution is -2.55. The van der Waals surface area contributed by atoms with E-state index in [9.17, 15) is 4.79 Å². The Balaban J connectivity index is 1.48. The number of amides is 1. The minimum Gasteiger partial charge on any atom is -0.493 e. The Morgan fingerprint density at radius 2 is 1.97 bits per heavy atom. The molecule has 0 radical (unpaired) electrons. The molecule has 3 aromatic rings. The quantitative estimate of drug-likeness (QED) is 0.513. The van der Waals surface area contributed by atoms with E-state index in [-0.39, 0.29) is 17.1 Å². The van der Waals surface area contributed by atoms with Gasteiger partial charge in [-0.3, -0.25) is 4.79 Å². The number of ether oxygens (including phenoxy) is 2. The topological polar surface area (TPSA) is 67.3 Å². The summed E-state index contributed by atoms with van der Waals surface area (Å²) < 4.78 is 11.8. The van der Waals surface area contributed by atoms with Crippen LogP contribution in [0.15, 0.2) is 65.8 Å². The zero-order valence-electron chi connectivity index (χ0n) is 18.4. The van der Waals surface area contributed by atoms with Gasteiger partial charge in [-0.2, -0.15) is 0 Å². The Bertz CT molecular complexity index is 1250. The van der Waals surface area contributed by atoms with E-state index in [0.29, 0.717) is 42.4 Å². The highest BCUT2D eigenvalue weighted by Crippen LogP contribution is 2.42. The summed E-state index contributed by atoms with van der Waals surface area (Å²) in [6.45, 7) is 3.79. The third-order valence-electron chi connectivity index (χ3n) is 5.92. The summed E-state index contributed by atoms with van der Waals surface area (Å²) in [5.41, 5.74) is 2.02. The van der Waals surface area contributed by atoms with Crippen molar-refractivity contribution < 1.29 is 14.3 Å². The number of rotatable bonds is 2. The molecule has 1 aromatic heterocycles. The van der Waals surface area contributed by atoms with Gasteiger partial charge in [0.25, 0.3) is 5.91 Å². The van der Waals surface area contributed by atoms with E-state index < -0.39 is 0 Å². The van der Waals surface area contributed by atoms with Crippen LogP contribution in [0.1, 0.15) is 22.8 Å². The van der Waals surface area contributed by atoms with Gasteiger partial charge in [0.15, 0.2) is 17.2 Å². The average molecular weight is 463 g/mol. The monoisotopic (exact) mass is 462 g/mol. The predicted molar refractivity (Wildman–Crippen MR) is 127 cm³/mol. The first-order valence-electron chi connectivity index (χ1n) is 10.8. The molecule has 1 amide bonds. The van der Waals surface area contributed by atoms with Crippen LogP contribution in [-0.2, 0) is 0 Å². The highest BCUT2D eigenvalue weighted by Gasteiger charge is 2.33. The van der Waals surface area contributed by atoms with Gasteiger partial charge in [-0.1, -0.05) is 29.8 Å². The lowest BCUT2D eigenvalue weighted by atomic mass is 10.1. The van der Waals surface area contributed by atoms with Gasteiger partial charge in [0.05, 0.1) is 18.2 Å². The molecule has 0 spiro atoms. The molecule has 168 valence electrons. The fraction of sp³-hybridized carbons (Fsp3) is 0.240. The van der Waals surface area contributed by atoms with E-state index in [0.717, 1.165) is 17.1 Å². The fourth-order valence-corrected chi connectivity index (χ4v) is 4.47. The Hall–Kier alpha value is -3.58. The number of para-hydroxylation sites is 3. The minimum atomic E-state index is -0.112. The van der Waals surface area contributed by atoms with Gasteiger partial charge in [-0.25, -0.2) is 9.98 Å². The summed E-state index contributed by atoms with van der Waals surface area (Å²) in [6.07, 6.45) is 1.58. The van der Waals surface area contributed by atoms with E-state index in [2.05, 4.69) is 9.88 Å². The van der Waals surface area contributed by atoms with Crippen LogP contribution in [0, 0.1) is 0 Å². The fourth-order valence-electron chi connectivity index (χ4n) is 4.27. The molecule has 5 rings (SSSR count). The van der Waals surface area contributed by atoms with Crippen LogP contribution < -0.4 is 9.47 Å². The summed E-state index contributed by atoms with van der Waals surface area (Å²) in [4.78, 5) is 26.2. The van der Waals surface area contributed by atoms with Crippen molar-refractivity contribution in [3.05, 3.63) is 77.1 Å². The van der Waals surface area contributed by atoms with Gasteiger partial charge >= 0.3 is 0 Å². The number of pyridine rings is 1. The largest absolute Gasteiger partial charge is 0.493 e. The first kappa shape index (κ1) is 21.3. The normalized spacial score (nSPS) is 17.3. The number of amidine groups is 1. The zero-order valence-corrected chi connectivity index (χ0v) is 19.1. The van der Waals surface area contributed by atoms with E-state index in [4.69, 9.17) is 26.1 Å². The third-order valence-corrected chi connectivity index (χ3v) is 6.22. The summed E-state index contributed by atoms with van der Waals surface area (Å²) in [5.74, 6) is 2.64. The van der Waals surface area contributed by atoms with Crippen molar-refractivity contribution in [1.82, 2.24) is 14.8 Å². The lowest BCUT2D eigenvalue weighted by molar-refractivity contribution is 0.0581. The van der Waals surface area contributed by atoms with Crippen molar-refractivity contribution in [2.75, 3.05) is 26.7 Å². The van der Waals surface area contributed by atoms with Crippen LogP contribution in [0.25, 0.3) is 0 Å². The molecule has 1 unspecified atom stereocenters. The second-order valence-corrected chi connectivity index (χ2v) is 8.34. The van der Waals surface area contributed by atoms with E-state index in [1.807, 2.05) is 54.3 Å². The number of fused-ring (bicyclic) bond motifs is 2. The molecule has 1 atom stereocenters. The number of benzene rings is 2. The van der Waals surface area contributed by atoms with E-state index in [1.54, 1.807) is 25.4 Å². The van der Waals surface area contributed by atoms with E-state index in [1.165, 1.54) is 0 Å². The Labute approximate surface area is 197 Å². The van der Waals surface area contributed by atoms with Crippen molar-refractivity contribution >= 4 is 29.0 Å². The van der Waals surface area contributed by atoms with Gasteiger partial charge in [0, 0.05) is 31.9 Å². The van der Waals surface area contributed by atoms with Crippen LogP contribution in [-0.4, -0.2) is 59.3 Å². The number of aromatic nitrogens is 1. The van der Waals surface area contributed by atoms with Crippen LogP contribution in [0.5, 0.6) is 17.2 Å². The van der Waals surface area contributed by atoms with Crippen molar-refractivity contribution in [3.8, 4) is 17.2 Å². The van der Waals surface area contributed by atoms with Gasteiger partial charge < -0.3 is 19.3 Å². The van der Waals surface area contributed by atoms with Crippen molar-refractivity contribution in [2.45, 2.75) is 13.0 Å². The standard InChI is InChI=1S/C25H23ClN4O3/c1-16-15-29(13-14-30(16)25(31)18-8-6-12-27-23(18)26)24-17-7-5-11-21(32-2)22(17)33-20-10-4-3-9-19(20)28-24/h3-12,16H,13-15H2,1-2H3. The molecule has 0 bridgehead atoms. The number of carbonyl (C=O) groups excluding carboxylic acids is 1. The number of hydrogen-bond acceptors (Lipinski definition) is 6. The molecule has 8 heteroatoms. The van der Waals surface area contributed by atoms with Crippen LogP contribution in [0.4, 0.5) is 5.69 Å². The minimum absolute atomic E-state index is 0.0568. The molecule has 0 N–H and O–H groups in total. The number of aliphatic imine (C=N–C) groups is 1. The second-order valence-electron chi connectivity index (χ2n) is 7.98. The summed E-state index contributed by atoms with van der Waals surface area (Å²) in [6, 6.07) is 16.9. The first-order chi connectivity index (χ1) is 16.1. The number of piperazine rings is 1. The maximum Gasteiger partial charge on any atom is 0.257 e. The highest BCUT2D eigenvalue weighted by atomic mass is 35.5. The number of nitrogens with zero attached hydrogens (tertiary/aromatic N) is 4. The molecular weight excluding hydrogens is 440 g/mol. The van der Waals surface area contributed by atoms with Crippen molar-refractivity contribution in [3.63, 3.8) is 0 Å². The number of carbonyl (C=O) groups is 1. The van der Waals surface area contributed by atoms with Gasteiger partial charge in [-0.15, -0.1) is 0 Å². The van der Waals surface area contributed by atoms with Crippen LogP contribution in [0.3, 0.4) is 0 Å². The molecule has 1 saturated heterocycles. The Kier molecular flexibility index (Phi) is 5.64. The van der Waals surface area contributed by atoms with Crippen LogP contribution in [0.2, 0.25) is 5.15 Å². The van der Waals surface area contributed by atoms with Crippen molar-refractivity contribution in [1.29, 1.82) is 0 Å². The second kappa shape index (κ2) is 8.75. The zero-order chi connectivity index (χ0) is 22.9. The van der Waals surface area contributed by atoms with Crippen LogP contribution >= 0.6 is 11.6 Å². The molecule has 2 aliphatic heterocycles. The molecule has 0 saturated carbocycles. The highest BCUT2D eigenvalue weighted by molar-refractivity contribution is 6.32. The molecule has 2 aromatic carbocycles. The van der Waals surface area contributed by atoms with Gasteiger partial charge in [0.1, 0.15) is 16.7 Å². The van der Waals surface area contributed by atoms with E-state index >= 15 is 0 Å². The maximum absolute atomic E-state index is 13.1. The van der Waals surface area contributed by atoms with Gasteiger partial charge in [-0.05, 0) is 43.3 Å². The number of hydrogen-bond donors (Lipinski definition) is 0. The number of methoxy groups -OCH3 is 1. The molecule has 1 fully saturated rings. The predicted octanol–water partition coefficient (Wildman–Crippen LogP) is 4.77. The summed E-state index contributed by atoms with van der Waals surface area (Å²) >= 11 is 6.17. The lowest BCUT2D eigenvalue weighted by Gasteiger charge is -2.41. The summed E-state index contributed by atoms with van der Waals surface area (Å²) in [5, 5.41) is 0.222. The molecule has 0 aliphatic carbocycles. The maximum atomic E-state index is 13.1. The number of halogens is 1. The molecule has 3 heterocycles. The van der Waals surface area contributed by atoms with Crippen molar-refractivity contribution in [2.24, 2.45) is 4.99 Å². The smallest absolute Gasteiger partial charge is 0.257 e. The Morgan fingerprint density at radius 3 is 2.76 bits per heavy atom. The third kappa shape index (κ3) is 3.89. The van der Waals surface area contributed by atoms with Gasteiger partial charge in [0.2, 0.25) is 0 Å². The molecule has 33 heavy (non-hydrogen) atoms. The average Bonchev–Trinajstić information content (AvgIpc) is 3.00. The molecule has 2 aliphatic rings. The SMILES string of the molecule is COc1cccc2c1Oc1ccccc1N=C2N1CCN(C(=O)c2cccnc2Cl)C(C)C1.